The Balaban J connectivity index is 1.47. The van der Waals surface area contributed by atoms with E-state index in [2.05, 4.69) is 120 Å². The van der Waals surface area contributed by atoms with Gasteiger partial charge in [-0.25, -0.2) is 4.98 Å². The Hall–Kier alpha value is -4.76. The Morgan fingerprint density at radius 1 is 0.735 bits per heavy atom. The number of ether oxygens (including phenoxy) is 2. The second-order valence-electron chi connectivity index (χ2n) is 12.7. The molecule has 0 unspecified atom stereocenters. The van der Waals surface area contributed by atoms with Gasteiger partial charge in [0.05, 0.1) is 31.2 Å². The van der Waals surface area contributed by atoms with Gasteiger partial charge in [-0.3, -0.25) is 4.79 Å². The van der Waals surface area contributed by atoms with Crippen LogP contribution >= 0.6 is 0 Å². The predicted molar refractivity (Wildman–Crippen MR) is 202 cm³/mol. The first-order valence-electron chi connectivity index (χ1n) is 17.0. The first kappa shape index (κ1) is 35.5. The molecule has 0 radical (unpaired) electrons. The number of hydrogen-bond acceptors (Lipinski definition) is 7. The zero-order valence-corrected chi connectivity index (χ0v) is 29.5. The van der Waals surface area contributed by atoms with Crippen LogP contribution in [0.3, 0.4) is 0 Å². The van der Waals surface area contributed by atoms with E-state index in [1.165, 1.54) is 5.56 Å². The molecule has 0 saturated heterocycles. The lowest BCUT2D eigenvalue weighted by Gasteiger charge is -2.17. The minimum atomic E-state index is 0.114. The third kappa shape index (κ3) is 9.23. The first-order valence-corrected chi connectivity index (χ1v) is 17.0. The van der Waals surface area contributed by atoms with Crippen molar-refractivity contribution < 1.29 is 14.3 Å². The summed E-state index contributed by atoms with van der Waals surface area (Å²) >= 11 is 0. The molecule has 0 bridgehead atoms. The lowest BCUT2D eigenvalue weighted by molar-refractivity contribution is 0.0489. The van der Waals surface area contributed by atoms with Gasteiger partial charge in [0.2, 0.25) is 0 Å². The average Bonchev–Trinajstić information content (AvgIpc) is 3.48. The molecule has 0 atom stereocenters. The minimum Gasteiger partial charge on any atom is -0.379 e. The summed E-state index contributed by atoms with van der Waals surface area (Å²) in [5.41, 5.74) is 15.8. The number of nitrogens with zero attached hydrogens (tertiary/aromatic N) is 4. The maximum absolute atomic E-state index is 13.0. The largest absolute Gasteiger partial charge is 0.379 e. The molecule has 8 heteroatoms. The number of Topliss-reactive ketones (excluding diaryl/α,β-unsaturated/α-hetero) is 1. The maximum Gasteiger partial charge on any atom is 0.162 e. The third-order valence-corrected chi connectivity index (χ3v) is 8.50. The van der Waals surface area contributed by atoms with Crippen LogP contribution < -0.4 is 15.5 Å². The smallest absolute Gasteiger partial charge is 0.162 e. The van der Waals surface area contributed by atoms with Crippen LogP contribution in [0.1, 0.15) is 34.3 Å². The molecule has 256 valence electrons. The molecule has 0 fully saturated rings. The number of benzene rings is 4. The van der Waals surface area contributed by atoms with Gasteiger partial charge in [0, 0.05) is 87.9 Å². The second kappa shape index (κ2) is 17.1. The van der Waals surface area contributed by atoms with Crippen LogP contribution in [0.25, 0.3) is 33.9 Å². The topological polar surface area (TPSA) is 85.9 Å². The van der Waals surface area contributed by atoms with Crippen molar-refractivity contribution >= 4 is 17.2 Å². The Bertz CT molecular complexity index is 1790. The number of imidazole rings is 1. The minimum absolute atomic E-state index is 0.114. The Kier molecular flexibility index (Phi) is 12.4. The fourth-order valence-corrected chi connectivity index (χ4v) is 5.80. The average molecular weight is 660 g/mol. The van der Waals surface area contributed by atoms with Gasteiger partial charge in [-0.05, 0) is 49.2 Å². The molecule has 2 N–H and O–H groups in total. The molecule has 1 heterocycles. The molecule has 0 aliphatic carbocycles. The van der Waals surface area contributed by atoms with Gasteiger partial charge < -0.3 is 29.6 Å². The van der Waals surface area contributed by atoms with Crippen molar-refractivity contribution in [2.24, 2.45) is 5.73 Å². The highest BCUT2D eigenvalue weighted by Crippen LogP contribution is 2.38. The second-order valence-corrected chi connectivity index (χ2v) is 12.7. The normalized spacial score (nSPS) is 11.1. The van der Waals surface area contributed by atoms with Crippen molar-refractivity contribution in [1.82, 2.24) is 9.55 Å². The summed E-state index contributed by atoms with van der Waals surface area (Å²) < 4.78 is 13.2. The Morgan fingerprint density at radius 3 is 1.94 bits per heavy atom. The summed E-state index contributed by atoms with van der Waals surface area (Å²) in [6.07, 6.45) is 1.10. The maximum atomic E-state index is 13.0. The Morgan fingerprint density at radius 2 is 1.35 bits per heavy atom. The van der Waals surface area contributed by atoms with Gasteiger partial charge in [-0.2, -0.15) is 0 Å². The van der Waals surface area contributed by atoms with Gasteiger partial charge >= 0.3 is 0 Å². The fraction of sp³-hybridized carbons (Fsp3) is 0.317. The number of carbonyl (C=O) groups excluding carboxylic acids is 1. The number of anilines is 2. The number of aromatic nitrogens is 2. The van der Waals surface area contributed by atoms with Gasteiger partial charge in [-0.1, -0.05) is 72.3 Å². The van der Waals surface area contributed by atoms with E-state index in [1.54, 1.807) is 0 Å². The molecule has 0 spiro atoms. The highest BCUT2D eigenvalue weighted by Gasteiger charge is 2.22. The predicted octanol–water partition coefficient (Wildman–Crippen LogP) is 7.33. The van der Waals surface area contributed by atoms with Crippen LogP contribution in [0.2, 0.25) is 0 Å². The number of carbonyl (C=O) groups is 1. The van der Waals surface area contributed by atoms with Crippen molar-refractivity contribution in [3.63, 3.8) is 0 Å². The van der Waals surface area contributed by atoms with Gasteiger partial charge in [0.25, 0.3) is 0 Å². The molecule has 5 rings (SSSR count). The van der Waals surface area contributed by atoms with Crippen molar-refractivity contribution in [2.75, 3.05) is 71.0 Å². The molecule has 1 aromatic heterocycles. The summed E-state index contributed by atoms with van der Waals surface area (Å²) in [5.74, 6) is 1.01. The standard InChI is InChI=1S/C41H49N5O3/c1-30-8-6-9-35(28-30)41-43-39(33-15-19-36(20-16-33)44(2)3)40(34-17-21-37(22-18-34)45(4)5)46(41)29-31-11-13-32(14-12-31)38(47)10-7-24-48-26-27-49-25-23-42/h6,8-9,11-22,28H,7,10,23-27,29,42H2,1-5H3. The van der Waals surface area contributed by atoms with Crippen LogP contribution in [0.4, 0.5) is 11.4 Å². The third-order valence-electron chi connectivity index (χ3n) is 8.50. The van der Waals surface area contributed by atoms with Crippen molar-refractivity contribution in [3.8, 4) is 33.9 Å². The lowest BCUT2D eigenvalue weighted by atomic mass is 10.0. The lowest BCUT2D eigenvalue weighted by Crippen LogP contribution is -2.12. The summed E-state index contributed by atoms with van der Waals surface area (Å²) in [6.45, 7) is 5.28. The fourth-order valence-electron chi connectivity index (χ4n) is 5.80. The van der Waals surface area contributed by atoms with Crippen LogP contribution in [0.5, 0.6) is 0 Å². The van der Waals surface area contributed by atoms with Crippen LogP contribution in [-0.2, 0) is 16.0 Å². The first-order chi connectivity index (χ1) is 23.7. The van der Waals surface area contributed by atoms with Crippen molar-refractivity contribution in [3.05, 3.63) is 114 Å². The number of ketones is 1. The molecule has 0 aliphatic rings. The number of nitrogens with two attached hydrogens (primary N) is 1. The van der Waals surface area contributed by atoms with Crippen LogP contribution in [0, 0.1) is 6.92 Å². The quantitative estimate of drug-likeness (QED) is 0.0827. The van der Waals surface area contributed by atoms with Crippen molar-refractivity contribution in [2.45, 2.75) is 26.3 Å². The highest BCUT2D eigenvalue weighted by atomic mass is 16.5. The molecular weight excluding hydrogens is 610 g/mol. The molecule has 8 nitrogen and oxygen atoms in total. The molecule has 0 aliphatic heterocycles. The van der Waals surface area contributed by atoms with Crippen LogP contribution in [0.15, 0.2) is 97.1 Å². The summed E-state index contributed by atoms with van der Waals surface area (Å²) in [6, 6.07) is 33.8. The molecule has 4 aromatic carbocycles. The van der Waals surface area contributed by atoms with Crippen molar-refractivity contribution in [1.29, 1.82) is 0 Å². The van der Waals surface area contributed by atoms with E-state index < -0.39 is 0 Å². The molecular formula is C41H49N5O3. The van der Waals surface area contributed by atoms with E-state index in [0.717, 1.165) is 50.8 Å². The van der Waals surface area contributed by atoms with Gasteiger partial charge in [-0.15, -0.1) is 0 Å². The van der Waals surface area contributed by atoms with E-state index in [1.807, 2.05) is 26.2 Å². The van der Waals surface area contributed by atoms with Crippen LogP contribution in [-0.4, -0.2) is 76.5 Å². The summed E-state index contributed by atoms with van der Waals surface area (Å²) in [5, 5.41) is 0. The zero-order valence-electron chi connectivity index (χ0n) is 29.5. The monoisotopic (exact) mass is 659 g/mol. The number of aryl methyl sites for hydroxylation is 1. The molecule has 0 saturated carbocycles. The van der Waals surface area contributed by atoms with E-state index in [9.17, 15) is 4.79 Å². The van der Waals surface area contributed by atoms with Gasteiger partial charge in [0.15, 0.2) is 5.78 Å². The summed E-state index contributed by atoms with van der Waals surface area (Å²) in [4.78, 5) is 22.6. The van der Waals surface area contributed by atoms with E-state index in [4.69, 9.17) is 20.2 Å². The van der Waals surface area contributed by atoms with E-state index in [-0.39, 0.29) is 5.78 Å². The number of hydrogen-bond donors (Lipinski definition) is 1. The highest BCUT2D eigenvalue weighted by molar-refractivity contribution is 5.96. The molecule has 0 amide bonds. The SMILES string of the molecule is Cc1cccc(-c2nc(-c3ccc(N(C)C)cc3)c(-c3ccc(N(C)C)cc3)n2Cc2ccc(C(=O)CCCOCCOCCN)cc2)c1. The zero-order chi connectivity index (χ0) is 34.8. The van der Waals surface area contributed by atoms with E-state index >= 15 is 0 Å². The van der Waals surface area contributed by atoms with E-state index in [0.29, 0.717) is 57.9 Å². The number of rotatable bonds is 17. The summed E-state index contributed by atoms with van der Waals surface area (Å²) in [7, 11) is 8.20. The van der Waals surface area contributed by atoms with Gasteiger partial charge in [0.1, 0.15) is 5.82 Å². The Labute approximate surface area is 291 Å². The molecule has 5 aromatic rings. The molecule has 49 heavy (non-hydrogen) atoms.